The number of piperidine rings is 1. The van der Waals surface area contributed by atoms with Crippen LogP contribution in [0.1, 0.15) is 31.4 Å². The summed E-state index contributed by atoms with van der Waals surface area (Å²) in [6, 6.07) is 12.2. The number of aromatic nitrogens is 1. The standard InChI is InChI=1S/C18H23N3O/c1-21(17-9-14-7-8-15(10-17)19-14)11-16-12-22-18(20-16)13-5-3-2-4-6-13/h2-6,12,14-15,17,19H,7-11H2,1H3. The highest BCUT2D eigenvalue weighted by Gasteiger charge is 2.35. The van der Waals surface area contributed by atoms with Gasteiger partial charge in [-0.1, -0.05) is 18.2 Å². The zero-order valence-corrected chi connectivity index (χ0v) is 13.0. The van der Waals surface area contributed by atoms with E-state index in [0.29, 0.717) is 6.04 Å². The first-order chi connectivity index (χ1) is 10.8. The minimum atomic E-state index is 0.663. The zero-order chi connectivity index (χ0) is 14.9. The van der Waals surface area contributed by atoms with Crippen LogP contribution in [0.15, 0.2) is 41.0 Å². The van der Waals surface area contributed by atoms with E-state index in [1.807, 2.05) is 30.3 Å². The molecule has 4 nitrogen and oxygen atoms in total. The summed E-state index contributed by atoms with van der Waals surface area (Å²) in [7, 11) is 2.21. The van der Waals surface area contributed by atoms with Crippen LogP contribution in [0.25, 0.3) is 11.5 Å². The number of oxazole rings is 1. The van der Waals surface area contributed by atoms with Crippen molar-refractivity contribution in [1.82, 2.24) is 15.2 Å². The van der Waals surface area contributed by atoms with Crippen LogP contribution in [-0.2, 0) is 6.54 Å². The lowest BCUT2D eigenvalue weighted by atomic mass is 9.98. The number of nitrogens with one attached hydrogen (secondary N) is 1. The molecule has 0 radical (unpaired) electrons. The van der Waals surface area contributed by atoms with E-state index in [2.05, 4.69) is 22.2 Å². The Balaban J connectivity index is 1.42. The Bertz CT molecular complexity index is 612. The molecule has 2 aliphatic rings. The van der Waals surface area contributed by atoms with E-state index >= 15 is 0 Å². The molecule has 2 aromatic rings. The molecule has 1 aromatic carbocycles. The Labute approximate surface area is 131 Å². The summed E-state index contributed by atoms with van der Waals surface area (Å²) in [6.45, 7) is 0.862. The minimum Gasteiger partial charge on any atom is -0.444 e. The fraction of sp³-hybridized carbons (Fsp3) is 0.500. The molecule has 0 saturated carbocycles. The molecule has 1 N–H and O–H groups in total. The summed E-state index contributed by atoms with van der Waals surface area (Å²) in [5, 5.41) is 3.70. The largest absolute Gasteiger partial charge is 0.444 e. The lowest BCUT2D eigenvalue weighted by Crippen LogP contribution is -2.46. The number of hydrogen-bond donors (Lipinski definition) is 1. The van der Waals surface area contributed by atoms with Gasteiger partial charge in [-0.3, -0.25) is 4.90 Å². The van der Waals surface area contributed by atoms with Crippen LogP contribution in [-0.4, -0.2) is 35.1 Å². The normalized spacial score (nSPS) is 27.5. The van der Waals surface area contributed by atoms with E-state index in [9.17, 15) is 0 Å². The molecule has 4 heteroatoms. The summed E-state index contributed by atoms with van der Waals surface area (Å²) >= 11 is 0. The molecule has 2 atom stereocenters. The Hall–Kier alpha value is -1.65. The first kappa shape index (κ1) is 14.0. The summed E-state index contributed by atoms with van der Waals surface area (Å²) in [5.41, 5.74) is 2.06. The van der Waals surface area contributed by atoms with Crippen LogP contribution in [0.3, 0.4) is 0 Å². The van der Waals surface area contributed by atoms with Gasteiger partial charge < -0.3 is 9.73 Å². The third kappa shape index (κ3) is 2.81. The van der Waals surface area contributed by atoms with Crippen molar-refractivity contribution in [3.05, 3.63) is 42.3 Å². The highest BCUT2D eigenvalue weighted by Crippen LogP contribution is 2.30. The number of fused-ring (bicyclic) bond motifs is 2. The quantitative estimate of drug-likeness (QED) is 0.941. The average molecular weight is 297 g/mol. The van der Waals surface area contributed by atoms with Crippen LogP contribution >= 0.6 is 0 Å². The number of nitrogens with zero attached hydrogens (tertiary/aromatic N) is 2. The van der Waals surface area contributed by atoms with Crippen LogP contribution in [0.4, 0.5) is 0 Å². The van der Waals surface area contributed by atoms with Gasteiger partial charge in [0, 0.05) is 30.2 Å². The van der Waals surface area contributed by atoms with E-state index in [0.717, 1.165) is 35.8 Å². The lowest BCUT2D eigenvalue weighted by Gasteiger charge is -2.35. The molecule has 4 rings (SSSR count). The van der Waals surface area contributed by atoms with Crippen molar-refractivity contribution in [1.29, 1.82) is 0 Å². The second kappa shape index (κ2) is 5.86. The van der Waals surface area contributed by atoms with Gasteiger partial charge in [-0.25, -0.2) is 4.98 Å². The van der Waals surface area contributed by atoms with Gasteiger partial charge >= 0.3 is 0 Å². The zero-order valence-electron chi connectivity index (χ0n) is 13.0. The summed E-state index contributed by atoms with van der Waals surface area (Å²) in [6.07, 6.45) is 7.01. The summed E-state index contributed by atoms with van der Waals surface area (Å²) in [4.78, 5) is 7.09. The molecule has 2 unspecified atom stereocenters. The van der Waals surface area contributed by atoms with Gasteiger partial charge in [0.25, 0.3) is 0 Å². The van der Waals surface area contributed by atoms with Crippen molar-refractivity contribution in [2.24, 2.45) is 0 Å². The Morgan fingerprint density at radius 3 is 2.64 bits per heavy atom. The molecule has 2 fully saturated rings. The molecular weight excluding hydrogens is 274 g/mol. The molecule has 2 aliphatic heterocycles. The first-order valence-corrected chi connectivity index (χ1v) is 8.24. The summed E-state index contributed by atoms with van der Waals surface area (Å²) < 4.78 is 5.64. The molecular formula is C18H23N3O. The number of hydrogen-bond acceptors (Lipinski definition) is 4. The smallest absolute Gasteiger partial charge is 0.226 e. The summed E-state index contributed by atoms with van der Waals surface area (Å²) in [5.74, 6) is 0.717. The highest BCUT2D eigenvalue weighted by atomic mass is 16.3. The predicted molar refractivity (Wildman–Crippen MR) is 86.4 cm³/mol. The Kier molecular flexibility index (Phi) is 3.72. The third-order valence-electron chi connectivity index (χ3n) is 5.06. The monoisotopic (exact) mass is 297 g/mol. The SMILES string of the molecule is CN(Cc1coc(-c2ccccc2)n1)C1CC2CCC(C1)N2. The average Bonchev–Trinajstić information content (AvgIpc) is 3.14. The first-order valence-electron chi connectivity index (χ1n) is 8.24. The predicted octanol–water partition coefficient (Wildman–Crippen LogP) is 3.06. The van der Waals surface area contributed by atoms with Gasteiger partial charge in [0.2, 0.25) is 5.89 Å². The molecule has 22 heavy (non-hydrogen) atoms. The van der Waals surface area contributed by atoms with Gasteiger partial charge in [0.1, 0.15) is 6.26 Å². The Morgan fingerprint density at radius 2 is 1.91 bits per heavy atom. The highest BCUT2D eigenvalue weighted by molar-refractivity contribution is 5.52. The van der Waals surface area contributed by atoms with Gasteiger partial charge in [-0.05, 0) is 44.9 Å². The van der Waals surface area contributed by atoms with Crippen LogP contribution < -0.4 is 5.32 Å². The molecule has 0 spiro atoms. The second-order valence-electron chi connectivity index (χ2n) is 6.69. The van der Waals surface area contributed by atoms with Crippen molar-refractivity contribution >= 4 is 0 Å². The van der Waals surface area contributed by atoms with Crippen LogP contribution in [0, 0.1) is 0 Å². The van der Waals surface area contributed by atoms with Crippen LogP contribution in [0.2, 0.25) is 0 Å². The van der Waals surface area contributed by atoms with Gasteiger partial charge in [0.15, 0.2) is 0 Å². The molecule has 0 amide bonds. The van der Waals surface area contributed by atoms with Crippen molar-refractivity contribution < 1.29 is 4.42 Å². The van der Waals surface area contributed by atoms with Crippen LogP contribution in [0.5, 0.6) is 0 Å². The van der Waals surface area contributed by atoms with E-state index < -0.39 is 0 Å². The van der Waals surface area contributed by atoms with Crippen molar-refractivity contribution in [3.63, 3.8) is 0 Å². The molecule has 2 saturated heterocycles. The minimum absolute atomic E-state index is 0.663. The van der Waals surface area contributed by atoms with E-state index in [1.165, 1.54) is 25.7 Å². The molecule has 2 bridgehead atoms. The maximum Gasteiger partial charge on any atom is 0.226 e. The number of benzene rings is 1. The lowest BCUT2D eigenvalue weighted by molar-refractivity contribution is 0.164. The maximum absolute atomic E-state index is 5.64. The third-order valence-corrected chi connectivity index (χ3v) is 5.06. The number of rotatable bonds is 4. The van der Waals surface area contributed by atoms with E-state index in [4.69, 9.17) is 4.42 Å². The fourth-order valence-electron chi connectivity index (χ4n) is 3.86. The Morgan fingerprint density at radius 1 is 1.18 bits per heavy atom. The molecule has 3 heterocycles. The molecule has 116 valence electrons. The fourth-order valence-corrected chi connectivity index (χ4v) is 3.86. The van der Waals surface area contributed by atoms with Gasteiger partial charge in [-0.2, -0.15) is 0 Å². The van der Waals surface area contributed by atoms with Gasteiger partial charge in [0.05, 0.1) is 5.69 Å². The van der Waals surface area contributed by atoms with Gasteiger partial charge in [-0.15, -0.1) is 0 Å². The van der Waals surface area contributed by atoms with E-state index in [1.54, 1.807) is 6.26 Å². The topological polar surface area (TPSA) is 41.3 Å². The maximum atomic E-state index is 5.64. The van der Waals surface area contributed by atoms with E-state index in [-0.39, 0.29) is 0 Å². The van der Waals surface area contributed by atoms with Crippen molar-refractivity contribution in [3.8, 4) is 11.5 Å². The molecule has 0 aliphatic carbocycles. The molecule has 1 aromatic heterocycles. The van der Waals surface area contributed by atoms with Crippen molar-refractivity contribution in [2.45, 2.75) is 50.4 Å². The second-order valence-corrected chi connectivity index (χ2v) is 6.69. The van der Waals surface area contributed by atoms with Crippen molar-refractivity contribution in [2.75, 3.05) is 7.05 Å².